The van der Waals surface area contributed by atoms with Gasteiger partial charge in [-0.15, -0.1) is 0 Å². The van der Waals surface area contributed by atoms with Gasteiger partial charge in [0.05, 0.1) is 5.69 Å². The zero-order chi connectivity index (χ0) is 9.14. The van der Waals surface area contributed by atoms with Crippen LogP contribution in [-0.2, 0) is 0 Å². The summed E-state index contributed by atoms with van der Waals surface area (Å²) < 4.78 is 1.03. The third kappa shape index (κ3) is 2.29. The minimum atomic E-state index is 0.0301. The predicted octanol–water partition coefficient (Wildman–Crippen LogP) is 2.50. The molecule has 0 bridgehead atoms. The van der Waals surface area contributed by atoms with E-state index in [1.165, 1.54) is 0 Å². The van der Waals surface area contributed by atoms with Crippen molar-refractivity contribution in [3.05, 3.63) is 28.5 Å². The molecule has 12 heavy (non-hydrogen) atoms. The summed E-state index contributed by atoms with van der Waals surface area (Å²) in [5, 5.41) is 0. The second-order valence-electron chi connectivity index (χ2n) is 3.17. The Morgan fingerprint density at radius 3 is 2.67 bits per heavy atom. The summed E-state index contributed by atoms with van der Waals surface area (Å²) in [6.45, 7) is 4.18. The molecule has 1 unspecified atom stereocenters. The number of aromatic nitrogens is 1. The molecular weight excluding hydrogens is 216 g/mol. The molecule has 1 aromatic heterocycles. The molecule has 0 aliphatic carbocycles. The monoisotopic (exact) mass is 228 g/mol. The van der Waals surface area contributed by atoms with Gasteiger partial charge < -0.3 is 5.73 Å². The summed E-state index contributed by atoms with van der Waals surface area (Å²) in [6, 6.07) is 3.89. The maximum Gasteiger partial charge on any atom is 0.0584 e. The normalized spacial score (nSPS) is 13.4. The number of hydrogen-bond acceptors (Lipinski definition) is 2. The molecule has 0 saturated carbocycles. The highest BCUT2D eigenvalue weighted by molar-refractivity contribution is 9.10. The van der Waals surface area contributed by atoms with Gasteiger partial charge in [-0.2, -0.15) is 0 Å². The Labute approximate surface area is 81.3 Å². The molecule has 1 rings (SSSR count). The highest BCUT2D eigenvalue weighted by Gasteiger charge is 2.11. The first-order valence-electron chi connectivity index (χ1n) is 3.98. The van der Waals surface area contributed by atoms with Crippen molar-refractivity contribution in [1.29, 1.82) is 0 Å². The molecule has 1 atom stereocenters. The van der Waals surface area contributed by atoms with Crippen LogP contribution in [0.15, 0.2) is 22.8 Å². The Hall–Kier alpha value is -0.410. The van der Waals surface area contributed by atoms with Crippen LogP contribution in [0.25, 0.3) is 0 Å². The van der Waals surface area contributed by atoms with Crippen molar-refractivity contribution >= 4 is 15.9 Å². The number of nitrogens with two attached hydrogens (primary N) is 1. The summed E-state index contributed by atoms with van der Waals surface area (Å²) in [7, 11) is 0. The molecule has 2 nitrogen and oxygen atoms in total. The third-order valence-electron chi connectivity index (χ3n) is 1.80. The van der Waals surface area contributed by atoms with Gasteiger partial charge in [0.2, 0.25) is 0 Å². The van der Waals surface area contributed by atoms with E-state index in [1.807, 2.05) is 12.1 Å². The van der Waals surface area contributed by atoms with Crippen molar-refractivity contribution in [2.45, 2.75) is 19.9 Å². The molecule has 0 saturated heterocycles. The fourth-order valence-corrected chi connectivity index (χ4v) is 1.30. The molecule has 0 radical (unpaired) electrons. The van der Waals surface area contributed by atoms with E-state index >= 15 is 0 Å². The molecular formula is C9H13BrN2. The second-order valence-corrected chi connectivity index (χ2v) is 4.08. The minimum absolute atomic E-state index is 0.0301. The Balaban J connectivity index is 2.88. The van der Waals surface area contributed by atoms with E-state index in [9.17, 15) is 0 Å². The summed E-state index contributed by atoms with van der Waals surface area (Å²) >= 11 is 3.38. The molecule has 1 aromatic rings. The zero-order valence-electron chi connectivity index (χ0n) is 7.29. The van der Waals surface area contributed by atoms with Crippen LogP contribution in [0.2, 0.25) is 0 Å². The first-order chi connectivity index (χ1) is 5.61. The molecule has 0 fully saturated rings. The summed E-state index contributed by atoms with van der Waals surface area (Å²) in [4.78, 5) is 4.21. The Morgan fingerprint density at radius 2 is 2.17 bits per heavy atom. The van der Waals surface area contributed by atoms with Gasteiger partial charge in [-0.1, -0.05) is 29.8 Å². The third-order valence-corrected chi connectivity index (χ3v) is 2.30. The smallest absolute Gasteiger partial charge is 0.0584 e. The standard InChI is InChI=1S/C9H13BrN2/c1-6(2)9(11)8-5-7(10)3-4-12-8/h3-6,9H,11H2,1-2H3. The van der Waals surface area contributed by atoms with Gasteiger partial charge >= 0.3 is 0 Å². The van der Waals surface area contributed by atoms with Gasteiger partial charge in [0.15, 0.2) is 0 Å². The molecule has 0 aliphatic heterocycles. The van der Waals surface area contributed by atoms with Gasteiger partial charge in [-0.25, -0.2) is 0 Å². The van der Waals surface area contributed by atoms with Crippen molar-refractivity contribution in [2.75, 3.05) is 0 Å². The van der Waals surface area contributed by atoms with Crippen LogP contribution in [-0.4, -0.2) is 4.98 Å². The maximum atomic E-state index is 5.92. The van der Waals surface area contributed by atoms with Crippen molar-refractivity contribution in [3.8, 4) is 0 Å². The van der Waals surface area contributed by atoms with Crippen molar-refractivity contribution in [3.63, 3.8) is 0 Å². The molecule has 0 aliphatic rings. The lowest BCUT2D eigenvalue weighted by molar-refractivity contribution is 0.503. The predicted molar refractivity (Wildman–Crippen MR) is 53.7 cm³/mol. The minimum Gasteiger partial charge on any atom is -0.322 e. The Morgan fingerprint density at radius 1 is 1.50 bits per heavy atom. The molecule has 0 amide bonds. The quantitative estimate of drug-likeness (QED) is 0.846. The first kappa shape index (κ1) is 9.68. The Kier molecular flexibility index (Phi) is 3.23. The lowest BCUT2D eigenvalue weighted by atomic mass is 10.0. The average molecular weight is 229 g/mol. The van der Waals surface area contributed by atoms with Crippen LogP contribution in [0.1, 0.15) is 25.6 Å². The van der Waals surface area contributed by atoms with Gasteiger partial charge in [-0.05, 0) is 18.1 Å². The molecule has 0 spiro atoms. The lowest BCUT2D eigenvalue weighted by Gasteiger charge is -2.14. The van der Waals surface area contributed by atoms with Gasteiger partial charge in [-0.3, -0.25) is 4.98 Å². The topological polar surface area (TPSA) is 38.9 Å². The van der Waals surface area contributed by atoms with Gasteiger partial charge in [0.1, 0.15) is 0 Å². The van der Waals surface area contributed by atoms with E-state index < -0.39 is 0 Å². The van der Waals surface area contributed by atoms with Gasteiger partial charge in [0, 0.05) is 16.7 Å². The highest BCUT2D eigenvalue weighted by atomic mass is 79.9. The second kappa shape index (κ2) is 4.01. The fraction of sp³-hybridized carbons (Fsp3) is 0.444. The largest absolute Gasteiger partial charge is 0.322 e. The van der Waals surface area contributed by atoms with Crippen LogP contribution in [0, 0.1) is 5.92 Å². The number of halogens is 1. The number of nitrogens with zero attached hydrogens (tertiary/aromatic N) is 1. The van der Waals surface area contributed by atoms with E-state index in [1.54, 1.807) is 6.20 Å². The number of hydrogen-bond donors (Lipinski definition) is 1. The lowest BCUT2D eigenvalue weighted by Crippen LogP contribution is -2.17. The van der Waals surface area contributed by atoms with Crippen LogP contribution in [0.3, 0.4) is 0 Å². The van der Waals surface area contributed by atoms with Crippen LogP contribution in [0.5, 0.6) is 0 Å². The fourth-order valence-electron chi connectivity index (χ4n) is 0.945. The van der Waals surface area contributed by atoms with E-state index in [2.05, 4.69) is 34.8 Å². The first-order valence-corrected chi connectivity index (χ1v) is 4.77. The number of pyridine rings is 1. The van der Waals surface area contributed by atoms with Crippen molar-refractivity contribution in [2.24, 2.45) is 11.7 Å². The molecule has 1 heterocycles. The van der Waals surface area contributed by atoms with Crippen molar-refractivity contribution in [1.82, 2.24) is 4.98 Å². The molecule has 0 aromatic carbocycles. The highest BCUT2D eigenvalue weighted by Crippen LogP contribution is 2.19. The van der Waals surface area contributed by atoms with Crippen LogP contribution in [0.4, 0.5) is 0 Å². The summed E-state index contributed by atoms with van der Waals surface area (Å²) in [5.41, 5.74) is 6.87. The Bertz CT molecular complexity index is 260. The molecule has 3 heteroatoms. The maximum absolute atomic E-state index is 5.92. The zero-order valence-corrected chi connectivity index (χ0v) is 8.88. The van der Waals surface area contributed by atoms with E-state index in [0.29, 0.717) is 5.92 Å². The van der Waals surface area contributed by atoms with Crippen molar-refractivity contribution < 1.29 is 0 Å². The van der Waals surface area contributed by atoms with Gasteiger partial charge in [0.25, 0.3) is 0 Å². The summed E-state index contributed by atoms with van der Waals surface area (Å²) in [6.07, 6.45) is 1.77. The number of rotatable bonds is 2. The van der Waals surface area contributed by atoms with E-state index in [4.69, 9.17) is 5.73 Å². The van der Waals surface area contributed by atoms with E-state index in [-0.39, 0.29) is 6.04 Å². The van der Waals surface area contributed by atoms with E-state index in [0.717, 1.165) is 10.2 Å². The average Bonchev–Trinajstić information content (AvgIpc) is 2.03. The molecule has 66 valence electrons. The van der Waals surface area contributed by atoms with Crippen LogP contribution < -0.4 is 5.73 Å². The van der Waals surface area contributed by atoms with Crippen LogP contribution >= 0.6 is 15.9 Å². The molecule has 2 N–H and O–H groups in total. The summed E-state index contributed by atoms with van der Waals surface area (Å²) in [5.74, 6) is 0.423. The SMILES string of the molecule is CC(C)C(N)c1cc(Br)ccn1.